The van der Waals surface area contributed by atoms with Crippen molar-refractivity contribution in [2.45, 2.75) is 78.4 Å². The standard InChI is InChI=1S/C26H36O8/c1-15(2)21(27)33-17(5)12-31-23(29)25-8-19-7-20(9-25)11-26(10-19,14-25)24(30)32-13-18(6)34-22(28)16(3)4/h17-20H,1,3,7-14H2,2,4-6H3. The van der Waals surface area contributed by atoms with E-state index in [1.807, 2.05) is 0 Å². The highest BCUT2D eigenvalue weighted by Crippen LogP contribution is 2.66. The molecule has 0 aromatic carbocycles. The van der Waals surface area contributed by atoms with Crippen LogP contribution in [0.4, 0.5) is 0 Å². The van der Waals surface area contributed by atoms with E-state index in [1.54, 1.807) is 27.7 Å². The SMILES string of the molecule is C=C(C)C(=O)OC(C)COC(=O)C12CC3CC(C1)CC(C(=O)OCC(C)OC(=O)C(=C)C)(C3)C2. The van der Waals surface area contributed by atoms with Gasteiger partial charge in [-0.15, -0.1) is 0 Å². The van der Waals surface area contributed by atoms with Crippen LogP contribution < -0.4 is 0 Å². The van der Waals surface area contributed by atoms with Crippen molar-refractivity contribution >= 4 is 23.9 Å². The predicted molar refractivity (Wildman–Crippen MR) is 122 cm³/mol. The zero-order valence-electron chi connectivity index (χ0n) is 20.6. The van der Waals surface area contributed by atoms with Gasteiger partial charge in [0.05, 0.1) is 10.8 Å². The fraction of sp³-hybridized carbons (Fsp3) is 0.692. The van der Waals surface area contributed by atoms with Gasteiger partial charge in [-0.3, -0.25) is 9.59 Å². The lowest BCUT2D eigenvalue weighted by molar-refractivity contribution is -0.197. The first kappa shape index (κ1) is 26.0. The molecule has 2 unspecified atom stereocenters. The van der Waals surface area contributed by atoms with Crippen LogP contribution in [0.5, 0.6) is 0 Å². The molecule has 4 aliphatic carbocycles. The van der Waals surface area contributed by atoms with Gasteiger partial charge < -0.3 is 18.9 Å². The summed E-state index contributed by atoms with van der Waals surface area (Å²) in [5.74, 6) is -1.19. The average Bonchev–Trinajstić information content (AvgIpc) is 2.74. The van der Waals surface area contributed by atoms with Crippen molar-refractivity contribution in [2.75, 3.05) is 13.2 Å². The van der Waals surface area contributed by atoms with Gasteiger partial charge in [0.25, 0.3) is 0 Å². The minimum Gasteiger partial charge on any atom is -0.461 e. The Balaban J connectivity index is 1.62. The Morgan fingerprint density at radius 2 is 1.12 bits per heavy atom. The van der Waals surface area contributed by atoms with Gasteiger partial charge in [0.2, 0.25) is 0 Å². The van der Waals surface area contributed by atoms with E-state index in [-0.39, 0.29) is 48.1 Å². The van der Waals surface area contributed by atoms with Gasteiger partial charge in [-0.2, -0.15) is 0 Å². The monoisotopic (exact) mass is 476 g/mol. The molecular weight excluding hydrogens is 440 g/mol. The van der Waals surface area contributed by atoms with Crippen LogP contribution in [0.25, 0.3) is 0 Å². The lowest BCUT2D eigenvalue weighted by Gasteiger charge is -2.59. The summed E-state index contributed by atoms with van der Waals surface area (Å²) < 4.78 is 21.6. The topological polar surface area (TPSA) is 105 Å². The first-order valence-electron chi connectivity index (χ1n) is 11.9. The molecular formula is C26H36O8. The minimum absolute atomic E-state index is 0.0437. The van der Waals surface area contributed by atoms with Gasteiger partial charge in [-0.25, -0.2) is 9.59 Å². The van der Waals surface area contributed by atoms with E-state index in [1.165, 1.54) is 0 Å². The molecule has 34 heavy (non-hydrogen) atoms. The van der Waals surface area contributed by atoms with Gasteiger partial charge in [0.1, 0.15) is 25.4 Å². The molecule has 188 valence electrons. The van der Waals surface area contributed by atoms with E-state index in [0.29, 0.717) is 32.1 Å². The van der Waals surface area contributed by atoms with E-state index in [2.05, 4.69) is 13.2 Å². The third kappa shape index (κ3) is 5.53. The van der Waals surface area contributed by atoms with Crippen molar-refractivity contribution in [3.8, 4) is 0 Å². The maximum atomic E-state index is 13.2. The number of hydrogen-bond acceptors (Lipinski definition) is 8. The molecule has 0 saturated heterocycles. The van der Waals surface area contributed by atoms with E-state index in [0.717, 1.165) is 6.42 Å². The van der Waals surface area contributed by atoms with Gasteiger partial charge in [-0.1, -0.05) is 13.2 Å². The Hall–Kier alpha value is -2.64. The fourth-order valence-electron chi connectivity index (χ4n) is 6.07. The number of rotatable bonds is 10. The molecule has 0 aliphatic heterocycles. The van der Waals surface area contributed by atoms with Gasteiger partial charge in [0, 0.05) is 11.1 Å². The largest absolute Gasteiger partial charge is 0.461 e. The van der Waals surface area contributed by atoms with Crippen LogP contribution in [0.2, 0.25) is 0 Å². The molecule has 0 aromatic heterocycles. The highest BCUT2D eigenvalue weighted by Gasteiger charge is 2.64. The quantitative estimate of drug-likeness (QED) is 0.267. The Labute approximate surface area is 201 Å². The third-order valence-corrected chi connectivity index (χ3v) is 7.14. The molecule has 4 rings (SSSR count). The summed E-state index contributed by atoms with van der Waals surface area (Å²) in [4.78, 5) is 49.9. The molecule has 8 nitrogen and oxygen atoms in total. The van der Waals surface area contributed by atoms with Crippen LogP contribution in [0.1, 0.15) is 66.2 Å². The van der Waals surface area contributed by atoms with Crippen LogP contribution in [0.15, 0.2) is 24.3 Å². The van der Waals surface area contributed by atoms with Crippen LogP contribution in [0.3, 0.4) is 0 Å². The summed E-state index contributed by atoms with van der Waals surface area (Å²) in [5.41, 5.74) is -0.884. The summed E-state index contributed by atoms with van der Waals surface area (Å²) in [6, 6.07) is 0. The number of carbonyl (C=O) groups excluding carboxylic acids is 4. The molecule has 4 bridgehead atoms. The lowest BCUT2D eigenvalue weighted by Crippen LogP contribution is -2.58. The second-order valence-electron chi connectivity index (χ2n) is 10.7. The second-order valence-corrected chi connectivity index (χ2v) is 10.7. The lowest BCUT2D eigenvalue weighted by atomic mass is 9.44. The molecule has 4 saturated carbocycles. The number of ether oxygens (including phenoxy) is 4. The van der Waals surface area contributed by atoms with Crippen molar-refractivity contribution < 1.29 is 38.1 Å². The molecule has 8 heteroatoms. The highest BCUT2D eigenvalue weighted by atomic mass is 16.6. The maximum Gasteiger partial charge on any atom is 0.333 e. The summed E-state index contributed by atoms with van der Waals surface area (Å²) in [5, 5.41) is 0. The molecule has 0 radical (unpaired) electrons. The molecule has 0 amide bonds. The van der Waals surface area contributed by atoms with E-state index in [4.69, 9.17) is 18.9 Å². The first-order valence-corrected chi connectivity index (χ1v) is 11.9. The number of esters is 4. The third-order valence-electron chi connectivity index (χ3n) is 7.14. The molecule has 0 aromatic rings. The Bertz CT molecular complexity index is 805. The average molecular weight is 477 g/mol. The Kier molecular flexibility index (Phi) is 7.58. The van der Waals surface area contributed by atoms with Crippen molar-refractivity contribution in [3.63, 3.8) is 0 Å². The van der Waals surface area contributed by atoms with Gasteiger partial charge >= 0.3 is 23.9 Å². The summed E-state index contributed by atoms with van der Waals surface area (Å²) in [6.07, 6.45) is 3.00. The molecule has 0 heterocycles. The molecule has 4 aliphatic rings. The van der Waals surface area contributed by atoms with Gasteiger partial charge in [-0.05, 0) is 78.1 Å². The Morgan fingerprint density at radius 1 is 0.765 bits per heavy atom. The van der Waals surface area contributed by atoms with Crippen molar-refractivity contribution in [2.24, 2.45) is 22.7 Å². The van der Waals surface area contributed by atoms with E-state index < -0.39 is 35.0 Å². The zero-order chi connectivity index (χ0) is 25.3. The normalized spacial score (nSPS) is 30.6. The zero-order valence-corrected chi connectivity index (χ0v) is 20.6. The summed E-state index contributed by atoms with van der Waals surface area (Å²) in [6.45, 7) is 13.4. The van der Waals surface area contributed by atoms with Gasteiger partial charge in [0.15, 0.2) is 0 Å². The summed E-state index contributed by atoms with van der Waals surface area (Å²) >= 11 is 0. The highest BCUT2D eigenvalue weighted by molar-refractivity contribution is 5.87. The van der Waals surface area contributed by atoms with Crippen LogP contribution in [-0.4, -0.2) is 49.3 Å². The first-order chi connectivity index (χ1) is 15.9. The Morgan fingerprint density at radius 3 is 1.44 bits per heavy atom. The van der Waals surface area contributed by atoms with Crippen molar-refractivity contribution in [1.82, 2.24) is 0 Å². The van der Waals surface area contributed by atoms with E-state index in [9.17, 15) is 19.2 Å². The maximum absolute atomic E-state index is 13.2. The smallest absolute Gasteiger partial charge is 0.333 e. The van der Waals surface area contributed by atoms with Crippen molar-refractivity contribution in [3.05, 3.63) is 24.3 Å². The summed E-state index contributed by atoms with van der Waals surface area (Å²) in [7, 11) is 0. The van der Waals surface area contributed by atoms with Crippen molar-refractivity contribution in [1.29, 1.82) is 0 Å². The fourth-order valence-corrected chi connectivity index (χ4v) is 6.07. The molecule has 0 spiro atoms. The number of hydrogen-bond donors (Lipinski definition) is 0. The molecule has 0 N–H and O–H groups in total. The number of carbonyl (C=O) groups is 4. The molecule has 2 atom stereocenters. The van der Waals surface area contributed by atoms with Crippen LogP contribution in [-0.2, 0) is 38.1 Å². The van der Waals surface area contributed by atoms with Crippen LogP contribution in [0, 0.1) is 22.7 Å². The molecule has 4 fully saturated rings. The second kappa shape index (κ2) is 9.92. The predicted octanol–water partition coefficient (Wildman–Crippen LogP) is 3.68. The minimum atomic E-state index is -0.723. The van der Waals surface area contributed by atoms with E-state index >= 15 is 0 Å². The van der Waals surface area contributed by atoms with Crippen LogP contribution >= 0.6 is 0 Å².